The summed E-state index contributed by atoms with van der Waals surface area (Å²) in [4.78, 5) is 12.3. The lowest BCUT2D eigenvalue weighted by Crippen LogP contribution is -2.14. The van der Waals surface area contributed by atoms with E-state index in [-0.39, 0.29) is 11.7 Å². The van der Waals surface area contributed by atoms with Gasteiger partial charge in [-0.15, -0.1) is 10.2 Å². The summed E-state index contributed by atoms with van der Waals surface area (Å²) in [5, 5.41) is 12.5. The van der Waals surface area contributed by atoms with Crippen LogP contribution in [-0.4, -0.2) is 29.0 Å². The number of ether oxygens (including phenoxy) is 1. The van der Waals surface area contributed by atoms with Gasteiger partial charge >= 0.3 is 0 Å². The minimum atomic E-state index is -0.175. The fourth-order valence-electron chi connectivity index (χ4n) is 2.75. The molecular weight excluding hydrogens is 394 g/mol. The van der Waals surface area contributed by atoms with Gasteiger partial charge in [-0.05, 0) is 49.7 Å². The van der Waals surface area contributed by atoms with E-state index in [9.17, 15) is 4.79 Å². The summed E-state index contributed by atoms with van der Waals surface area (Å²) < 4.78 is 5.23. The number of carbonyl (C=O) groups is 1. The second-order valence-corrected chi connectivity index (χ2v) is 7.69. The van der Waals surface area contributed by atoms with Crippen molar-refractivity contribution in [3.8, 4) is 17.0 Å². The third-order valence-electron chi connectivity index (χ3n) is 4.08. The van der Waals surface area contributed by atoms with Gasteiger partial charge in [0.25, 0.3) is 0 Å². The standard InChI is InChI=1S/C21H20ClN3O2S/c1-13-4-6-16(14(2)10-13)17-7-9-21(25-24-17)28-12-20(26)23-18-11-15(22)5-8-19(18)27-3/h4-11H,12H2,1-3H3,(H,23,26). The van der Waals surface area contributed by atoms with Gasteiger partial charge in [0.2, 0.25) is 5.91 Å². The summed E-state index contributed by atoms with van der Waals surface area (Å²) in [6, 6.07) is 15.1. The molecule has 0 bridgehead atoms. The molecule has 0 fully saturated rings. The lowest BCUT2D eigenvalue weighted by atomic mass is 10.0. The van der Waals surface area contributed by atoms with Crippen molar-refractivity contribution in [2.45, 2.75) is 18.9 Å². The third-order valence-corrected chi connectivity index (χ3v) is 5.24. The molecule has 0 aliphatic rings. The number of carbonyl (C=O) groups excluding carboxylic acids is 1. The number of anilines is 1. The summed E-state index contributed by atoms with van der Waals surface area (Å²) in [5.74, 6) is 0.582. The molecule has 1 N–H and O–H groups in total. The Bertz CT molecular complexity index is 993. The number of rotatable bonds is 6. The second-order valence-electron chi connectivity index (χ2n) is 6.26. The van der Waals surface area contributed by atoms with Crippen molar-refractivity contribution in [3.05, 3.63) is 64.7 Å². The predicted molar refractivity (Wildman–Crippen MR) is 114 cm³/mol. The van der Waals surface area contributed by atoms with Crippen LogP contribution in [-0.2, 0) is 4.79 Å². The maximum atomic E-state index is 12.3. The van der Waals surface area contributed by atoms with Gasteiger partial charge < -0.3 is 10.1 Å². The molecule has 1 heterocycles. The normalized spacial score (nSPS) is 10.6. The van der Waals surface area contributed by atoms with E-state index in [2.05, 4.69) is 41.5 Å². The van der Waals surface area contributed by atoms with Gasteiger partial charge in [-0.1, -0.05) is 47.1 Å². The first-order valence-electron chi connectivity index (χ1n) is 8.64. The number of aryl methyl sites for hydroxylation is 2. The largest absolute Gasteiger partial charge is 0.495 e. The van der Waals surface area contributed by atoms with Gasteiger partial charge in [-0.2, -0.15) is 0 Å². The number of hydrogen-bond donors (Lipinski definition) is 1. The predicted octanol–water partition coefficient (Wildman–Crippen LogP) is 5.15. The first-order chi connectivity index (χ1) is 13.5. The van der Waals surface area contributed by atoms with Crippen LogP contribution in [0.3, 0.4) is 0 Å². The van der Waals surface area contributed by atoms with Crippen LogP contribution in [0.5, 0.6) is 5.75 Å². The fraction of sp³-hybridized carbons (Fsp3) is 0.190. The van der Waals surface area contributed by atoms with Crippen molar-refractivity contribution < 1.29 is 9.53 Å². The van der Waals surface area contributed by atoms with Gasteiger partial charge in [0.05, 0.1) is 24.2 Å². The van der Waals surface area contributed by atoms with Crippen LogP contribution in [0, 0.1) is 13.8 Å². The Morgan fingerprint density at radius 2 is 1.93 bits per heavy atom. The number of amides is 1. The van der Waals surface area contributed by atoms with E-state index in [1.165, 1.54) is 17.3 Å². The van der Waals surface area contributed by atoms with E-state index in [0.717, 1.165) is 16.8 Å². The minimum absolute atomic E-state index is 0.175. The minimum Gasteiger partial charge on any atom is -0.495 e. The van der Waals surface area contributed by atoms with E-state index in [1.54, 1.807) is 25.3 Å². The molecule has 3 rings (SSSR count). The van der Waals surface area contributed by atoms with Crippen molar-refractivity contribution in [3.63, 3.8) is 0 Å². The molecule has 5 nitrogen and oxygen atoms in total. The van der Waals surface area contributed by atoms with Crippen LogP contribution >= 0.6 is 23.4 Å². The Labute approximate surface area is 173 Å². The molecule has 0 atom stereocenters. The molecule has 1 aromatic heterocycles. The van der Waals surface area contributed by atoms with E-state index < -0.39 is 0 Å². The van der Waals surface area contributed by atoms with Gasteiger partial charge in [-0.3, -0.25) is 4.79 Å². The molecule has 0 saturated carbocycles. The number of methoxy groups -OCH3 is 1. The van der Waals surface area contributed by atoms with Gasteiger partial charge in [0.15, 0.2) is 0 Å². The van der Waals surface area contributed by atoms with Crippen LogP contribution in [0.25, 0.3) is 11.3 Å². The van der Waals surface area contributed by atoms with Crippen LogP contribution in [0.15, 0.2) is 53.6 Å². The molecule has 0 aliphatic carbocycles. The van der Waals surface area contributed by atoms with Gasteiger partial charge in [-0.25, -0.2) is 0 Å². The highest BCUT2D eigenvalue weighted by Gasteiger charge is 2.10. The highest BCUT2D eigenvalue weighted by Crippen LogP contribution is 2.28. The topological polar surface area (TPSA) is 64.1 Å². The fourth-order valence-corrected chi connectivity index (χ4v) is 3.53. The number of nitrogens with zero attached hydrogens (tertiary/aromatic N) is 2. The molecule has 2 aromatic carbocycles. The third kappa shape index (κ3) is 5.03. The molecule has 0 aliphatic heterocycles. The SMILES string of the molecule is COc1ccc(Cl)cc1NC(=O)CSc1ccc(-c2ccc(C)cc2C)nn1. The van der Waals surface area contributed by atoms with E-state index in [4.69, 9.17) is 16.3 Å². The molecule has 3 aromatic rings. The number of benzene rings is 2. The van der Waals surface area contributed by atoms with Gasteiger partial charge in [0.1, 0.15) is 10.8 Å². The zero-order valence-electron chi connectivity index (χ0n) is 15.8. The maximum absolute atomic E-state index is 12.3. The molecule has 28 heavy (non-hydrogen) atoms. The van der Waals surface area contributed by atoms with Crippen molar-refractivity contribution >= 4 is 35.0 Å². The summed E-state index contributed by atoms with van der Waals surface area (Å²) in [6.45, 7) is 4.12. The van der Waals surface area contributed by atoms with Crippen LogP contribution < -0.4 is 10.1 Å². The number of thioether (sulfide) groups is 1. The average Bonchev–Trinajstić information content (AvgIpc) is 2.67. The Balaban J connectivity index is 1.62. The molecule has 0 unspecified atom stereocenters. The number of aromatic nitrogens is 2. The van der Waals surface area contributed by atoms with Crippen LogP contribution in [0.4, 0.5) is 5.69 Å². The monoisotopic (exact) mass is 413 g/mol. The van der Waals surface area contributed by atoms with E-state index in [0.29, 0.717) is 21.5 Å². The van der Waals surface area contributed by atoms with Crippen molar-refractivity contribution in [1.82, 2.24) is 10.2 Å². The molecule has 1 amide bonds. The summed E-state index contributed by atoms with van der Waals surface area (Å²) >= 11 is 7.30. The number of nitrogens with one attached hydrogen (secondary N) is 1. The van der Waals surface area contributed by atoms with Crippen LogP contribution in [0.2, 0.25) is 5.02 Å². The zero-order chi connectivity index (χ0) is 20.1. The summed E-state index contributed by atoms with van der Waals surface area (Å²) in [5.41, 5.74) is 4.78. The van der Waals surface area contributed by atoms with Crippen molar-refractivity contribution in [2.75, 3.05) is 18.2 Å². The van der Waals surface area contributed by atoms with E-state index in [1.807, 2.05) is 18.2 Å². The molecule has 0 radical (unpaired) electrons. The highest BCUT2D eigenvalue weighted by atomic mass is 35.5. The molecule has 0 saturated heterocycles. The Hall–Kier alpha value is -2.57. The smallest absolute Gasteiger partial charge is 0.234 e. The quantitative estimate of drug-likeness (QED) is 0.566. The lowest BCUT2D eigenvalue weighted by Gasteiger charge is -2.10. The lowest BCUT2D eigenvalue weighted by molar-refractivity contribution is -0.113. The molecular formula is C21H20ClN3O2S. The zero-order valence-corrected chi connectivity index (χ0v) is 17.4. The first-order valence-corrected chi connectivity index (χ1v) is 10.00. The van der Waals surface area contributed by atoms with E-state index >= 15 is 0 Å². The second kappa shape index (κ2) is 9.08. The Morgan fingerprint density at radius 3 is 2.61 bits per heavy atom. The molecule has 144 valence electrons. The Kier molecular flexibility index (Phi) is 6.54. The summed E-state index contributed by atoms with van der Waals surface area (Å²) in [7, 11) is 1.54. The molecule has 7 heteroatoms. The highest BCUT2D eigenvalue weighted by molar-refractivity contribution is 7.99. The maximum Gasteiger partial charge on any atom is 0.234 e. The first kappa shape index (κ1) is 20.2. The number of halogens is 1. The van der Waals surface area contributed by atoms with Crippen molar-refractivity contribution in [1.29, 1.82) is 0 Å². The van der Waals surface area contributed by atoms with Gasteiger partial charge in [0, 0.05) is 10.6 Å². The Morgan fingerprint density at radius 1 is 1.11 bits per heavy atom. The molecule has 0 spiro atoms. The van der Waals surface area contributed by atoms with Crippen LogP contribution in [0.1, 0.15) is 11.1 Å². The van der Waals surface area contributed by atoms with Crippen molar-refractivity contribution in [2.24, 2.45) is 0 Å². The summed E-state index contributed by atoms with van der Waals surface area (Å²) in [6.07, 6.45) is 0. The average molecular weight is 414 g/mol. The number of hydrogen-bond acceptors (Lipinski definition) is 5.